The molecular weight excluding hydrogens is 396 g/mol. The summed E-state index contributed by atoms with van der Waals surface area (Å²) < 4.78 is 62.7. The van der Waals surface area contributed by atoms with E-state index >= 15 is 0 Å². The minimum Gasteiger partial charge on any atom is -0.384 e. The number of nitrogens with zero attached hydrogens (tertiary/aromatic N) is 3. The highest BCUT2D eigenvalue weighted by atomic mass is 19.3. The predicted octanol–water partition coefficient (Wildman–Crippen LogP) is 1.06. The fraction of sp³-hybridized carbons (Fsp3) is 0.444. The van der Waals surface area contributed by atoms with Gasteiger partial charge in [0.25, 0.3) is 0 Å². The summed E-state index contributed by atoms with van der Waals surface area (Å²) in [4.78, 5) is 16.9. The van der Waals surface area contributed by atoms with Crippen LogP contribution in [0.5, 0.6) is 0 Å². The van der Waals surface area contributed by atoms with Gasteiger partial charge >= 0.3 is 11.6 Å². The fourth-order valence-corrected chi connectivity index (χ4v) is 3.75. The van der Waals surface area contributed by atoms with Crippen LogP contribution in [0.25, 0.3) is 0 Å². The third kappa shape index (κ3) is 3.38. The number of hydrogen-bond donors (Lipinski definition) is 2. The van der Waals surface area contributed by atoms with Gasteiger partial charge in [-0.05, 0) is 24.1 Å². The van der Waals surface area contributed by atoms with Crippen molar-refractivity contribution in [1.29, 1.82) is 0 Å². The third-order valence-electron chi connectivity index (χ3n) is 5.29. The van der Waals surface area contributed by atoms with Gasteiger partial charge in [-0.1, -0.05) is 6.07 Å². The minimum absolute atomic E-state index is 0.00881. The summed E-state index contributed by atoms with van der Waals surface area (Å²) in [6.07, 6.45) is -4.19. The van der Waals surface area contributed by atoms with Crippen molar-refractivity contribution in [3.63, 3.8) is 0 Å². The first kappa shape index (κ1) is 19.8. The largest absolute Gasteiger partial charge is 0.384 e. The van der Waals surface area contributed by atoms with Crippen molar-refractivity contribution in [2.75, 3.05) is 18.8 Å². The summed E-state index contributed by atoms with van der Waals surface area (Å²) in [7, 11) is 0. The lowest BCUT2D eigenvalue weighted by Crippen LogP contribution is -2.45. The second-order valence-electron chi connectivity index (χ2n) is 7.17. The number of aromatic nitrogens is 2. The predicted molar refractivity (Wildman–Crippen MR) is 93.1 cm³/mol. The number of nitrogens with two attached hydrogens (primary N) is 1. The molecule has 0 aliphatic carbocycles. The molecule has 3 N–H and O–H groups in total. The van der Waals surface area contributed by atoms with E-state index in [4.69, 9.17) is 10.5 Å². The van der Waals surface area contributed by atoms with Gasteiger partial charge in [0.1, 0.15) is 18.0 Å². The maximum absolute atomic E-state index is 14.6. The number of alkyl halides is 2. The Bertz CT molecular complexity index is 1000. The Morgan fingerprint density at radius 3 is 2.79 bits per heavy atom. The lowest BCUT2D eigenvalue weighted by atomic mass is 9.98. The minimum atomic E-state index is -3.77. The molecule has 2 aliphatic heterocycles. The normalized spacial score (nSPS) is 26.4. The first-order valence-electron chi connectivity index (χ1n) is 8.92. The summed E-state index contributed by atoms with van der Waals surface area (Å²) >= 11 is 0. The molecule has 0 bridgehead atoms. The zero-order valence-electron chi connectivity index (χ0n) is 15.1. The molecule has 1 aromatic heterocycles. The summed E-state index contributed by atoms with van der Waals surface area (Å²) in [5.41, 5.74) is 5.14. The smallest absolute Gasteiger partial charge is 0.351 e. The number of nitrogen functional groups attached to an aromatic ring is 1. The number of anilines is 1. The van der Waals surface area contributed by atoms with Gasteiger partial charge in [0, 0.05) is 31.4 Å². The highest BCUT2D eigenvalue weighted by Gasteiger charge is 2.59. The molecule has 1 fully saturated rings. The second-order valence-corrected chi connectivity index (χ2v) is 7.17. The van der Waals surface area contributed by atoms with Crippen molar-refractivity contribution in [3.05, 3.63) is 57.6 Å². The Labute approximate surface area is 162 Å². The van der Waals surface area contributed by atoms with E-state index in [1.807, 2.05) is 0 Å². The van der Waals surface area contributed by atoms with Gasteiger partial charge in [-0.25, -0.2) is 13.6 Å². The van der Waals surface area contributed by atoms with Gasteiger partial charge in [0.2, 0.25) is 6.23 Å². The van der Waals surface area contributed by atoms with Gasteiger partial charge in [-0.2, -0.15) is 13.8 Å². The molecule has 0 radical (unpaired) electrons. The molecule has 4 rings (SSSR count). The molecule has 3 atom stereocenters. The molecule has 0 saturated carbocycles. The number of benzene rings is 1. The number of ether oxygens (including phenoxy) is 1. The highest BCUT2D eigenvalue weighted by Crippen LogP contribution is 2.42. The zero-order valence-corrected chi connectivity index (χ0v) is 15.1. The van der Waals surface area contributed by atoms with Crippen molar-refractivity contribution in [3.8, 4) is 0 Å². The van der Waals surface area contributed by atoms with E-state index in [1.165, 1.54) is 12.1 Å². The molecule has 29 heavy (non-hydrogen) atoms. The molecule has 1 aromatic carbocycles. The average molecular weight is 414 g/mol. The van der Waals surface area contributed by atoms with Crippen molar-refractivity contribution < 1.29 is 27.4 Å². The van der Waals surface area contributed by atoms with Gasteiger partial charge in [-0.15, -0.1) is 0 Å². The van der Waals surface area contributed by atoms with E-state index in [2.05, 4.69) is 4.98 Å². The molecule has 0 unspecified atom stereocenters. The van der Waals surface area contributed by atoms with Crippen molar-refractivity contribution >= 4 is 5.82 Å². The van der Waals surface area contributed by atoms with Crippen LogP contribution in [-0.4, -0.2) is 50.8 Å². The number of aliphatic hydroxyl groups is 1. The molecule has 1 saturated heterocycles. The lowest BCUT2D eigenvalue weighted by Gasteiger charge is -2.31. The zero-order chi connectivity index (χ0) is 20.9. The number of rotatable bonds is 3. The monoisotopic (exact) mass is 414 g/mol. The van der Waals surface area contributed by atoms with Crippen LogP contribution in [0.15, 0.2) is 29.2 Å². The van der Waals surface area contributed by atoms with Crippen molar-refractivity contribution in [1.82, 2.24) is 14.5 Å². The van der Waals surface area contributed by atoms with E-state index in [-0.39, 0.29) is 24.5 Å². The lowest BCUT2D eigenvalue weighted by molar-refractivity contribution is -0.140. The van der Waals surface area contributed by atoms with Gasteiger partial charge in [-0.3, -0.25) is 9.47 Å². The maximum Gasteiger partial charge on any atom is 0.351 e. The Morgan fingerprint density at radius 1 is 1.31 bits per heavy atom. The Balaban J connectivity index is 1.54. The van der Waals surface area contributed by atoms with Crippen LogP contribution in [-0.2, 0) is 17.7 Å². The Hall–Kier alpha value is -2.50. The van der Waals surface area contributed by atoms with E-state index in [1.54, 1.807) is 4.90 Å². The molecular formula is C18H18F4N4O3. The summed E-state index contributed by atoms with van der Waals surface area (Å²) in [6, 6.07) is 3.72. The van der Waals surface area contributed by atoms with Crippen molar-refractivity contribution in [2.24, 2.45) is 0 Å². The standard InChI is InChI=1S/C18H18F4N4O3/c19-11-2-1-9-3-5-25(7-10(9)14(11)20)8-12-15(27)18(21,22)16(29-12)26-6-4-13(23)24-17(26)28/h1-2,4,6,12,15-16,27H,3,5,7-8H2,(H2,23,24,28)/t12-,15-,16-/m1/s1. The molecule has 0 amide bonds. The van der Waals surface area contributed by atoms with E-state index < -0.39 is 41.7 Å². The number of hydrogen-bond acceptors (Lipinski definition) is 6. The highest BCUT2D eigenvalue weighted by molar-refractivity contribution is 5.31. The van der Waals surface area contributed by atoms with Gasteiger partial charge in [0.15, 0.2) is 11.6 Å². The van der Waals surface area contributed by atoms with Crippen LogP contribution in [0.3, 0.4) is 0 Å². The molecule has 0 spiro atoms. The van der Waals surface area contributed by atoms with Crippen LogP contribution in [0.4, 0.5) is 23.4 Å². The van der Waals surface area contributed by atoms with E-state index in [9.17, 15) is 27.5 Å². The first-order chi connectivity index (χ1) is 13.7. The van der Waals surface area contributed by atoms with E-state index in [0.717, 1.165) is 12.3 Å². The Morgan fingerprint density at radius 2 is 2.07 bits per heavy atom. The molecule has 3 heterocycles. The quantitative estimate of drug-likeness (QED) is 0.730. The molecule has 2 aromatic rings. The van der Waals surface area contributed by atoms with Crippen LogP contribution >= 0.6 is 0 Å². The first-order valence-corrected chi connectivity index (χ1v) is 8.92. The fourth-order valence-electron chi connectivity index (χ4n) is 3.75. The summed E-state index contributed by atoms with van der Waals surface area (Å²) in [6.45, 7) is 0.231. The molecule has 7 nitrogen and oxygen atoms in total. The van der Waals surface area contributed by atoms with Crippen molar-refractivity contribution in [2.45, 2.75) is 37.3 Å². The SMILES string of the molecule is Nc1ccn([C@@H]2O[C@H](CN3CCc4ccc(F)c(F)c4C3)[C@@H](O)C2(F)F)c(=O)n1. The average Bonchev–Trinajstić information content (AvgIpc) is 2.89. The maximum atomic E-state index is 14.6. The Kier molecular flexibility index (Phi) is 4.83. The van der Waals surface area contributed by atoms with Gasteiger partial charge in [0.05, 0.1) is 0 Å². The van der Waals surface area contributed by atoms with Crippen LogP contribution in [0.2, 0.25) is 0 Å². The molecule has 11 heteroatoms. The van der Waals surface area contributed by atoms with Gasteiger partial charge < -0.3 is 15.6 Å². The van der Waals surface area contributed by atoms with Crippen LogP contribution in [0, 0.1) is 11.6 Å². The topological polar surface area (TPSA) is 93.6 Å². The number of fused-ring (bicyclic) bond motifs is 1. The summed E-state index contributed by atoms with van der Waals surface area (Å²) in [5, 5.41) is 10.1. The molecule has 2 aliphatic rings. The third-order valence-corrected chi connectivity index (χ3v) is 5.29. The molecule has 156 valence electrons. The van der Waals surface area contributed by atoms with Crippen LogP contribution < -0.4 is 11.4 Å². The second kappa shape index (κ2) is 7.08. The number of halogens is 4. The number of aliphatic hydroxyl groups excluding tert-OH is 1. The van der Waals surface area contributed by atoms with Crippen LogP contribution in [0.1, 0.15) is 17.4 Å². The van der Waals surface area contributed by atoms with E-state index in [0.29, 0.717) is 23.1 Å². The summed E-state index contributed by atoms with van der Waals surface area (Å²) in [5.74, 6) is -5.85.